The minimum atomic E-state index is -6.55. The Bertz CT molecular complexity index is 645. The highest BCUT2D eigenvalue weighted by molar-refractivity contribution is 7.87. The number of nitrogens with zero attached hydrogens (tertiary/aromatic N) is 1. The highest BCUT2D eigenvalue weighted by atomic mass is 32.2. The lowest BCUT2D eigenvalue weighted by atomic mass is 10.1. The van der Waals surface area contributed by atoms with Crippen molar-refractivity contribution >= 4 is 10.1 Å². The Balaban J connectivity index is 0. The van der Waals surface area contributed by atoms with Crippen molar-refractivity contribution in [3.8, 4) is 0 Å². The van der Waals surface area contributed by atoms with E-state index < -0.39 is 46.7 Å². The van der Waals surface area contributed by atoms with E-state index in [9.17, 15) is 43.7 Å². The van der Waals surface area contributed by atoms with E-state index in [-0.39, 0.29) is 0 Å². The Labute approximate surface area is 176 Å². The summed E-state index contributed by atoms with van der Waals surface area (Å²) in [5.41, 5.74) is 0. The van der Waals surface area contributed by atoms with Gasteiger partial charge in [-0.2, -0.15) is 39.2 Å². The van der Waals surface area contributed by atoms with Crippen LogP contribution in [0.3, 0.4) is 0 Å². The van der Waals surface area contributed by atoms with Crippen LogP contribution >= 0.6 is 0 Å². The van der Waals surface area contributed by atoms with Crippen LogP contribution in [0.25, 0.3) is 0 Å². The summed E-state index contributed by atoms with van der Waals surface area (Å²) in [6.07, 6.45) is -2.45. The average molecular weight is 488 g/mol. The molecule has 0 radical (unpaired) electrons. The molecule has 0 unspecified atom stereocenters. The first-order valence-corrected chi connectivity index (χ1v) is 10.1. The molecule has 4 nitrogen and oxygen atoms in total. The summed E-state index contributed by atoms with van der Waals surface area (Å²) < 4.78 is 120. The van der Waals surface area contributed by atoms with E-state index in [4.69, 9.17) is 0 Å². The van der Waals surface area contributed by atoms with Gasteiger partial charge in [-0.15, -0.1) is 0 Å². The van der Waals surface area contributed by atoms with Gasteiger partial charge in [-0.05, 0) is 35.3 Å². The fourth-order valence-electron chi connectivity index (χ4n) is 2.42. The topological polar surface area (TPSA) is 43.4 Å². The van der Waals surface area contributed by atoms with E-state index in [2.05, 4.69) is 26.3 Å². The Morgan fingerprint density at radius 1 is 0.742 bits per heavy atom. The summed E-state index contributed by atoms with van der Waals surface area (Å²) in [4.78, 5) is 0. The van der Waals surface area contributed by atoms with Crippen LogP contribution in [0.2, 0.25) is 0 Å². The van der Waals surface area contributed by atoms with Gasteiger partial charge >= 0.3 is 27.5 Å². The lowest BCUT2D eigenvalue weighted by molar-refractivity contribution is -0.906. The smallest absolute Gasteiger partial charge is 0.311 e. The third-order valence-electron chi connectivity index (χ3n) is 3.84. The fraction of sp³-hybridized carbons (Fsp3) is 0.556. The molecule has 0 aromatic rings. The Morgan fingerprint density at radius 3 is 1.35 bits per heavy atom. The van der Waals surface area contributed by atoms with E-state index in [0.717, 1.165) is 30.7 Å². The van der Waals surface area contributed by atoms with Crippen LogP contribution in [0, 0.1) is 0 Å². The maximum absolute atomic E-state index is 12.7. The molecular weight excluding hydrogens is 462 g/mol. The van der Waals surface area contributed by atoms with Crippen molar-refractivity contribution in [1.82, 2.24) is 0 Å². The predicted octanol–water partition coefficient (Wildman–Crippen LogP) is 5.73. The second kappa shape index (κ2) is 13.0. The zero-order valence-electron chi connectivity index (χ0n) is 16.7. The van der Waals surface area contributed by atoms with Crippen molar-refractivity contribution in [2.24, 2.45) is 0 Å². The minimum absolute atomic E-state index is 0.903. The number of quaternary nitrogens is 1. The van der Waals surface area contributed by atoms with Gasteiger partial charge in [0.25, 0.3) is 0 Å². The van der Waals surface area contributed by atoms with Crippen LogP contribution < -0.4 is 0 Å². The first kappa shape index (κ1) is 31.5. The molecule has 0 saturated carbocycles. The van der Waals surface area contributed by atoms with Crippen LogP contribution in [0.5, 0.6) is 0 Å². The van der Waals surface area contributed by atoms with Crippen LogP contribution in [0.1, 0.15) is 19.3 Å². The summed E-state index contributed by atoms with van der Waals surface area (Å²) in [6.45, 7) is 18.8. The first-order chi connectivity index (χ1) is 14.0. The molecule has 0 rings (SSSR count). The van der Waals surface area contributed by atoms with Gasteiger partial charge in [0.2, 0.25) is 0 Å². The molecule has 0 heterocycles. The molecule has 182 valence electrons. The van der Waals surface area contributed by atoms with Gasteiger partial charge in [-0.25, -0.2) is 0 Å². The van der Waals surface area contributed by atoms with Gasteiger partial charge in [-0.1, -0.05) is 30.7 Å². The second-order valence-electron chi connectivity index (χ2n) is 6.43. The number of rotatable bonds is 14. The van der Waals surface area contributed by atoms with E-state index in [1.807, 2.05) is 24.3 Å². The molecule has 0 fully saturated rings. The molecule has 0 bridgehead atoms. The van der Waals surface area contributed by atoms with Gasteiger partial charge in [0.1, 0.15) is 0 Å². The van der Waals surface area contributed by atoms with Crippen LogP contribution in [-0.2, 0) is 14.5 Å². The molecular formula is C18H26F8NO3S+. The molecule has 0 amide bonds. The SMILES string of the molecule is C=CC[N+](CC=C)(CC=C)CC=C.O=S(=O)(OF)C(F)(F)C(F)(F)CCCC(F)(F)F. The average Bonchev–Trinajstić information content (AvgIpc) is 2.61. The highest BCUT2D eigenvalue weighted by Gasteiger charge is 2.66. The molecule has 31 heavy (non-hydrogen) atoms. The van der Waals surface area contributed by atoms with Gasteiger partial charge in [0.05, 0.1) is 26.2 Å². The second-order valence-corrected chi connectivity index (χ2v) is 7.98. The molecule has 0 aliphatic heterocycles. The Kier molecular flexibility index (Phi) is 13.2. The molecule has 0 aliphatic rings. The van der Waals surface area contributed by atoms with Gasteiger partial charge in [0.15, 0.2) is 0 Å². The summed E-state index contributed by atoms with van der Waals surface area (Å²) in [5.74, 6) is -5.39. The monoisotopic (exact) mass is 488 g/mol. The van der Waals surface area contributed by atoms with E-state index >= 15 is 0 Å². The van der Waals surface area contributed by atoms with E-state index in [1.54, 1.807) is 4.39 Å². The van der Waals surface area contributed by atoms with E-state index in [0.29, 0.717) is 0 Å². The quantitative estimate of drug-likeness (QED) is 0.178. The number of alkyl halides is 7. The largest absolute Gasteiger partial charge is 0.434 e. The molecule has 0 aromatic heterocycles. The summed E-state index contributed by atoms with van der Waals surface area (Å²) in [7, 11) is -6.55. The maximum atomic E-state index is 12.7. The molecule has 0 saturated heterocycles. The minimum Gasteiger partial charge on any atom is -0.311 e. The third kappa shape index (κ3) is 10.4. The number of halogens is 8. The lowest BCUT2D eigenvalue weighted by Gasteiger charge is -2.35. The molecule has 0 aromatic carbocycles. The first-order valence-electron chi connectivity index (χ1n) is 8.67. The van der Waals surface area contributed by atoms with Crippen molar-refractivity contribution in [3.05, 3.63) is 50.6 Å². The zero-order valence-corrected chi connectivity index (χ0v) is 17.5. The van der Waals surface area contributed by atoms with Crippen molar-refractivity contribution < 1.29 is 52.5 Å². The number of hydrogen-bond donors (Lipinski definition) is 0. The predicted molar refractivity (Wildman–Crippen MR) is 101 cm³/mol. The Morgan fingerprint density at radius 2 is 1.10 bits per heavy atom. The maximum Gasteiger partial charge on any atom is 0.434 e. The number of hydrogen-bond acceptors (Lipinski definition) is 3. The molecule has 0 N–H and O–H groups in total. The summed E-state index contributed by atoms with van der Waals surface area (Å²) in [5, 5.41) is -5.96. The van der Waals surface area contributed by atoms with Crippen molar-refractivity contribution in [2.75, 3.05) is 26.2 Å². The Hall–Kier alpha value is -1.73. The third-order valence-corrected chi connectivity index (χ3v) is 4.93. The van der Waals surface area contributed by atoms with Gasteiger partial charge in [-0.3, -0.25) is 0 Å². The highest BCUT2D eigenvalue weighted by Crippen LogP contribution is 2.43. The normalized spacial score (nSPS) is 13.0. The summed E-state index contributed by atoms with van der Waals surface area (Å²) in [6, 6.07) is 0. The molecule has 0 atom stereocenters. The standard InChI is InChI=1S/C12H20N.C6H6F8O3S/c1-5-9-13(10-6-2,11-7-3)12-8-4;7-4(8,2-1-3-5(9,10)11)6(12,13)18(15,16)17-14/h5-8H,1-4,9-12H2;1-3H2/q+1;. The van der Waals surface area contributed by atoms with Crippen molar-refractivity contribution in [3.63, 3.8) is 0 Å². The summed E-state index contributed by atoms with van der Waals surface area (Å²) >= 11 is 0. The van der Waals surface area contributed by atoms with Crippen LogP contribution in [0.15, 0.2) is 50.6 Å². The van der Waals surface area contributed by atoms with Gasteiger partial charge in [0, 0.05) is 12.8 Å². The fourth-order valence-corrected chi connectivity index (χ4v) is 2.97. The lowest BCUT2D eigenvalue weighted by Crippen LogP contribution is -2.48. The molecule has 13 heteroatoms. The van der Waals surface area contributed by atoms with E-state index in [1.165, 1.54) is 0 Å². The van der Waals surface area contributed by atoms with Crippen LogP contribution in [0.4, 0.5) is 35.3 Å². The van der Waals surface area contributed by atoms with Crippen LogP contribution in [-0.4, -0.2) is 56.4 Å². The molecule has 0 aliphatic carbocycles. The van der Waals surface area contributed by atoms with Crippen molar-refractivity contribution in [2.45, 2.75) is 36.6 Å². The van der Waals surface area contributed by atoms with Crippen molar-refractivity contribution in [1.29, 1.82) is 0 Å². The molecule has 0 spiro atoms. The van der Waals surface area contributed by atoms with Gasteiger partial charge < -0.3 is 4.48 Å². The zero-order chi connectivity index (χ0) is 25.0.